The fraction of sp³-hybridized carbons (Fsp3) is 0.304. The van der Waals surface area contributed by atoms with Crippen molar-refractivity contribution in [3.63, 3.8) is 0 Å². The molecule has 5 nitrogen and oxygen atoms in total. The normalized spacial score (nSPS) is 15.2. The van der Waals surface area contributed by atoms with Crippen LogP contribution in [0.5, 0.6) is 17.2 Å². The minimum Gasteiger partial charge on any atom is -0.493 e. The average molecular weight is 478 g/mol. The first-order valence-electron chi connectivity index (χ1n) is 9.66. The number of carbonyl (C=O) groups excluding carboxylic acids is 1. The second-order valence-corrected chi connectivity index (χ2v) is 9.98. The van der Waals surface area contributed by atoms with Gasteiger partial charge >= 0.3 is 0 Å². The molecule has 164 valence electrons. The van der Waals surface area contributed by atoms with Crippen LogP contribution in [0.1, 0.15) is 31.9 Å². The lowest BCUT2D eigenvalue weighted by Gasteiger charge is -2.19. The highest BCUT2D eigenvalue weighted by molar-refractivity contribution is 8.26. The highest BCUT2D eigenvalue weighted by Gasteiger charge is 2.22. The summed E-state index contributed by atoms with van der Waals surface area (Å²) in [7, 11) is 1.54. The number of nitrogens with one attached hydrogen (secondary N) is 1. The van der Waals surface area contributed by atoms with Crippen LogP contribution in [0.4, 0.5) is 0 Å². The Kier molecular flexibility index (Phi) is 7.51. The van der Waals surface area contributed by atoms with Crippen molar-refractivity contribution in [3.8, 4) is 17.2 Å². The number of ether oxygens (including phenoxy) is 3. The molecule has 1 amide bonds. The van der Waals surface area contributed by atoms with Gasteiger partial charge in [-0.05, 0) is 46.9 Å². The number of hydrogen-bond donors (Lipinski definition) is 1. The van der Waals surface area contributed by atoms with Gasteiger partial charge in [0.25, 0.3) is 5.91 Å². The van der Waals surface area contributed by atoms with E-state index in [1.165, 1.54) is 24.4 Å². The lowest BCUT2D eigenvalue weighted by molar-refractivity contribution is -0.115. The Morgan fingerprint density at radius 3 is 2.39 bits per heavy atom. The minimum atomic E-state index is -0.224. The van der Waals surface area contributed by atoms with Crippen molar-refractivity contribution in [2.45, 2.75) is 26.2 Å². The number of methoxy groups -OCH3 is 1. The second kappa shape index (κ2) is 9.94. The maximum absolute atomic E-state index is 11.9. The Morgan fingerprint density at radius 2 is 1.81 bits per heavy atom. The van der Waals surface area contributed by atoms with Crippen molar-refractivity contribution in [3.05, 3.63) is 57.5 Å². The van der Waals surface area contributed by atoms with Gasteiger partial charge in [-0.1, -0.05) is 68.5 Å². The van der Waals surface area contributed by atoms with Crippen LogP contribution in [0, 0.1) is 0 Å². The summed E-state index contributed by atoms with van der Waals surface area (Å²) >= 11 is 12.6. The van der Waals surface area contributed by atoms with Crippen LogP contribution in [-0.2, 0) is 10.2 Å². The first-order valence-corrected chi connectivity index (χ1v) is 11.3. The number of carbonyl (C=O) groups is 1. The molecule has 1 saturated heterocycles. The zero-order valence-corrected chi connectivity index (χ0v) is 20.2. The quantitative estimate of drug-likeness (QED) is 0.318. The summed E-state index contributed by atoms with van der Waals surface area (Å²) in [4.78, 5) is 12.4. The summed E-state index contributed by atoms with van der Waals surface area (Å²) in [6, 6.07) is 11.5. The number of benzene rings is 2. The largest absolute Gasteiger partial charge is 0.493 e. The topological polar surface area (TPSA) is 56.8 Å². The van der Waals surface area contributed by atoms with Crippen molar-refractivity contribution in [2.75, 3.05) is 20.3 Å². The van der Waals surface area contributed by atoms with E-state index >= 15 is 0 Å². The fourth-order valence-corrected chi connectivity index (χ4v) is 4.21. The van der Waals surface area contributed by atoms with Crippen LogP contribution in [0.2, 0.25) is 5.02 Å². The molecule has 1 N–H and O–H groups in total. The van der Waals surface area contributed by atoms with Crippen LogP contribution < -0.4 is 19.5 Å². The third kappa shape index (κ3) is 6.15. The van der Waals surface area contributed by atoms with Crippen LogP contribution >= 0.6 is 35.6 Å². The number of thiocarbonyl (C=S) groups is 1. The van der Waals surface area contributed by atoms with E-state index in [-0.39, 0.29) is 11.3 Å². The highest BCUT2D eigenvalue weighted by atomic mass is 35.5. The fourth-order valence-electron chi connectivity index (χ4n) is 2.89. The molecule has 1 aliphatic heterocycles. The lowest BCUT2D eigenvalue weighted by atomic mass is 9.87. The molecule has 1 heterocycles. The number of hydrogen-bond acceptors (Lipinski definition) is 6. The van der Waals surface area contributed by atoms with E-state index in [0.717, 1.165) is 5.75 Å². The molecule has 0 aliphatic carbocycles. The second-order valence-electron chi connectivity index (χ2n) is 7.86. The minimum absolute atomic E-state index is 0.100. The van der Waals surface area contributed by atoms with E-state index in [1.807, 2.05) is 12.1 Å². The molecule has 0 radical (unpaired) electrons. The van der Waals surface area contributed by atoms with E-state index in [2.05, 4.69) is 38.2 Å². The molecule has 0 atom stereocenters. The maximum Gasteiger partial charge on any atom is 0.263 e. The molecule has 0 bridgehead atoms. The highest BCUT2D eigenvalue weighted by Crippen LogP contribution is 2.38. The summed E-state index contributed by atoms with van der Waals surface area (Å²) in [6.07, 6.45) is 1.71. The van der Waals surface area contributed by atoms with E-state index < -0.39 is 0 Å². The summed E-state index contributed by atoms with van der Waals surface area (Å²) < 4.78 is 17.4. The molecule has 0 saturated carbocycles. The first kappa shape index (κ1) is 23.4. The number of amides is 1. The summed E-state index contributed by atoms with van der Waals surface area (Å²) in [5, 5.41) is 2.97. The Morgan fingerprint density at radius 1 is 1.13 bits per heavy atom. The van der Waals surface area contributed by atoms with Crippen LogP contribution in [0.25, 0.3) is 6.08 Å². The van der Waals surface area contributed by atoms with E-state index in [4.69, 9.17) is 38.0 Å². The number of thioether (sulfide) groups is 1. The maximum atomic E-state index is 11.9. The molecular formula is C23H24ClNO4S2. The molecule has 0 spiro atoms. The summed E-state index contributed by atoms with van der Waals surface area (Å²) in [5.41, 5.74) is 2.06. The molecule has 31 heavy (non-hydrogen) atoms. The predicted molar refractivity (Wildman–Crippen MR) is 130 cm³/mol. The van der Waals surface area contributed by atoms with Crippen LogP contribution in [0.3, 0.4) is 0 Å². The van der Waals surface area contributed by atoms with Gasteiger partial charge in [-0.3, -0.25) is 4.79 Å². The molecule has 2 aromatic carbocycles. The third-order valence-corrected chi connectivity index (χ3v) is 5.95. The van der Waals surface area contributed by atoms with E-state index in [0.29, 0.717) is 44.5 Å². The van der Waals surface area contributed by atoms with E-state index in [1.54, 1.807) is 18.2 Å². The molecule has 2 aromatic rings. The smallest absolute Gasteiger partial charge is 0.263 e. The van der Waals surface area contributed by atoms with Gasteiger partial charge in [-0.2, -0.15) is 0 Å². The van der Waals surface area contributed by atoms with Gasteiger partial charge in [-0.25, -0.2) is 0 Å². The van der Waals surface area contributed by atoms with Crippen molar-refractivity contribution >= 4 is 51.9 Å². The van der Waals surface area contributed by atoms with Gasteiger partial charge in [0.1, 0.15) is 23.3 Å². The lowest BCUT2D eigenvalue weighted by Crippen LogP contribution is -2.17. The molecule has 3 rings (SSSR count). The van der Waals surface area contributed by atoms with Crippen molar-refractivity contribution in [1.82, 2.24) is 5.32 Å². The number of rotatable bonds is 7. The summed E-state index contributed by atoms with van der Waals surface area (Å²) in [5.74, 6) is 1.46. The molecule has 1 aliphatic rings. The molecule has 0 aromatic heterocycles. The Balaban J connectivity index is 1.62. The molecule has 0 unspecified atom stereocenters. The van der Waals surface area contributed by atoms with Gasteiger partial charge in [0, 0.05) is 0 Å². The van der Waals surface area contributed by atoms with Crippen molar-refractivity contribution in [2.24, 2.45) is 0 Å². The average Bonchev–Trinajstić information content (AvgIpc) is 3.02. The van der Waals surface area contributed by atoms with Gasteiger partial charge in [0.15, 0.2) is 11.5 Å². The van der Waals surface area contributed by atoms with E-state index in [9.17, 15) is 4.79 Å². The van der Waals surface area contributed by atoms with Crippen molar-refractivity contribution < 1.29 is 19.0 Å². The van der Waals surface area contributed by atoms with Gasteiger partial charge in [0.05, 0.1) is 17.0 Å². The van der Waals surface area contributed by atoms with Gasteiger partial charge in [0.2, 0.25) is 0 Å². The van der Waals surface area contributed by atoms with Crippen LogP contribution in [0.15, 0.2) is 41.3 Å². The standard InChI is InChI=1S/C23H24ClNO4S2/c1-23(2,3)15-5-7-16(8-6-15)28-9-10-29-20-17(24)11-14(12-18(20)27-4)13-19-21(26)25-22(30)31-19/h5-8,11-13H,9-10H2,1-4H3,(H,25,26,30)/b19-13-. The molecule has 8 heteroatoms. The number of halogens is 1. The summed E-state index contributed by atoms with van der Waals surface area (Å²) in [6.45, 7) is 7.17. The van der Waals surface area contributed by atoms with Gasteiger partial charge in [-0.15, -0.1) is 0 Å². The van der Waals surface area contributed by atoms with Gasteiger partial charge < -0.3 is 19.5 Å². The molecule has 1 fully saturated rings. The Labute approximate surface area is 197 Å². The van der Waals surface area contributed by atoms with Crippen molar-refractivity contribution in [1.29, 1.82) is 0 Å². The van der Waals surface area contributed by atoms with Crippen LogP contribution in [-0.4, -0.2) is 30.6 Å². The SMILES string of the molecule is COc1cc(/C=C2\SC(=S)NC2=O)cc(Cl)c1OCCOc1ccc(C(C)(C)C)cc1. The zero-order valence-electron chi connectivity index (χ0n) is 17.8. The Hall–Kier alpha value is -2.22. The molecular weight excluding hydrogens is 454 g/mol. The Bertz CT molecular complexity index is 1010. The predicted octanol–water partition coefficient (Wildman–Crippen LogP) is 5.59. The first-order chi connectivity index (χ1) is 14.7. The third-order valence-electron chi connectivity index (χ3n) is 4.51. The monoisotopic (exact) mass is 477 g/mol. The zero-order chi connectivity index (χ0) is 22.6.